The molecule has 0 saturated carbocycles. The second-order valence-electron chi connectivity index (χ2n) is 12.9. The van der Waals surface area contributed by atoms with Crippen LogP contribution in [0.4, 0.5) is 0 Å². The molecule has 4 aromatic rings. The lowest BCUT2D eigenvalue weighted by Crippen LogP contribution is -2.46. The van der Waals surface area contributed by atoms with Crippen LogP contribution < -0.4 is 5.32 Å². The largest absolute Gasteiger partial charge is 0.348 e. The van der Waals surface area contributed by atoms with Gasteiger partial charge in [0.2, 0.25) is 0 Å². The van der Waals surface area contributed by atoms with Crippen molar-refractivity contribution in [1.82, 2.24) is 20.1 Å². The molecule has 1 amide bonds. The molecule has 1 aromatic heterocycles. The summed E-state index contributed by atoms with van der Waals surface area (Å²) in [5.74, 6) is -0.0684. The van der Waals surface area contributed by atoms with Crippen LogP contribution in [-0.4, -0.2) is 58.2 Å². The fraction of sp³-hybridized carbons (Fsp3) is 0.421. The minimum absolute atomic E-state index is 0.0684. The number of aryl methyl sites for hydroxylation is 1. The van der Waals surface area contributed by atoms with Crippen LogP contribution in [0.1, 0.15) is 73.0 Å². The van der Waals surface area contributed by atoms with E-state index < -0.39 is 0 Å². The van der Waals surface area contributed by atoms with E-state index >= 15 is 0 Å². The summed E-state index contributed by atoms with van der Waals surface area (Å²) < 4.78 is 0. The lowest BCUT2D eigenvalue weighted by atomic mass is 9.93. The van der Waals surface area contributed by atoms with E-state index in [1.807, 2.05) is 36.4 Å². The van der Waals surface area contributed by atoms with Gasteiger partial charge in [-0.05, 0) is 82.5 Å². The van der Waals surface area contributed by atoms with Gasteiger partial charge in [-0.1, -0.05) is 86.0 Å². The first-order valence-electron chi connectivity index (χ1n) is 16.5. The second-order valence-corrected chi connectivity index (χ2v) is 14.9. The highest BCUT2D eigenvalue weighted by molar-refractivity contribution is 8.00. The van der Waals surface area contributed by atoms with Crippen molar-refractivity contribution in [3.8, 4) is 11.3 Å². The van der Waals surface area contributed by atoms with Crippen molar-refractivity contribution in [3.63, 3.8) is 0 Å². The highest BCUT2D eigenvalue weighted by atomic mass is 35.5. The Labute approximate surface area is 277 Å². The molecule has 2 fully saturated rings. The number of hydrogen-bond acceptors (Lipinski definition) is 5. The summed E-state index contributed by atoms with van der Waals surface area (Å²) in [5, 5.41) is 5.16. The summed E-state index contributed by atoms with van der Waals surface area (Å²) >= 11 is 8.57. The number of thioether (sulfide) groups is 1. The summed E-state index contributed by atoms with van der Waals surface area (Å²) in [7, 11) is 0. The Kier molecular flexibility index (Phi) is 10.5. The Morgan fingerprint density at radius 2 is 1.73 bits per heavy atom. The first-order valence-corrected chi connectivity index (χ1v) is 17.8. The van der Waals surface area contributed by atoms with Crippen LogP contribution >= 0.6 is 23.4 Å². The molecule has 0 atom stereocenters. The number of benzene rings is 3. The molecule has 2 saturated heterocycles. The van der Waals surface area contributed by atoms with Crippen molar-refractivity contribution in [1.29, 1.82) is 0 Å². The molecular formula is C38H45ClN4OS. The zero-order valence-corrected chi connectivity index (χ0v) is 28.4. The van der Waals surface area contributed by atoms with Gasteiger partial charge >= 0.3 is 0 Å². The second kappa shape index (κ2) is 14.7. The molecule has 6 rings (SSSR count). The molecule has 3 heterocycles. The van der Waals surface area contributed by atoms with Gasteiger partial charge in [-0.25, -0.2) is 4.98 Å². The van der Waals surface area contributed by atoms with Crippen molar-refractivity contribution in [2.45, 2.75) is 82.2 Å². The molecule has 3 aromatic carbocycles. The van der Waals surface area contributed by atoms with E-state index in [-0.39, 0.29) is 5.91 Å². The predicted octanol–water partition coefficient (Wildman–Crippen LogP) is 8.74. The van der Waals surface area contributed by atoms with E-state index in [2.05, 4.69) is 66.2 Å². The number of rotatable bonds is 9. The highest BCUT2D eigenvalue weighted by Gasteiger charge is 2.29. The van der Waals surface area contributed by atoms with Crippen molar-refractivity contribution in [2.75, 3.05) is 26.2 Å². The summed E-state index contributed by atoms with van der Waals surface area (Å²) in [6, 6.07) is 23.3. The maximum absolute atomic E-state index is 14.4. The molecule has 0 bridgehead atoms. The van der Waals surface area contributed by atoms with Crippen LogP contribution in [0.5, 0.6) is 0 Å². The van der Waals surface area contributed by atoms with Gasteiger partial charge in [0.25, 0.3) is 5.91 Å². The van der Waals surface area contributed by atoms with Gasteiger partial charge in [-0.2, -0.15) is 0 Å². The van der Waals surface area contributed by atoms with Crippen molar-refractivity contribution < 1.29 is 4.79 Å². The molecule has 0 unspecified atom stereocenters. The van der Waals surface area contributed by atoms with Gasteiger partial charge in [0.15, 0.2) is 0 Å². The number of piperidine rings is 2. The molecule has 2 aliphatic rings. The zero-order valence-electron chi connectivity index (χ0n) is 26.8. The third-order valence-corrected chi connectivity index (χ3v) is 10.7. The first kappa shape index (κ1) is 32.1. The average Bonchev–Trinajstić information content (AvgIpc) is 3.05. The van der Waals surface area contributed by atoms with Gasteiger partial charge in [0.1, 0.15) is 0 Å². The third kappa shape index (κ3) is 7.74. The lowest BCUT2D eigenvalue weighted by molar-refractivity contribution is 0.0885. The third-order valence-electron chi connectivity index (χ3n) is 9.16. The minimum Gasteiger partial charge on any atom is -0.348 e. The number of nitrogens with one attached hydrogen (secondary N) is 1. The highest BCUT2D eigenvalue weighted by Crippen LogP contribution is 2.38. The minimum atomic E-state index is -0.0684. The van der Waals surface area contributed by atoms with Crippen LogP contribution in [0.2, 0.25) is 5.02 Å². The summed E-state index contributed by atoms with van der Waals surface area (Å²) in [5.41, 5.74) is 6.61. The number of likely N-dealkylation sites (tertiary alicyclic amines) is 2. The predicted molar refractivity (Wildman–Crippen MR) is 189 cm³/mol. The maximum atomic E-state index is 14.4. The smallest absolute Gasteiger partial charge is 0.252 e. The van der Waals surface area contributed by atoms with Gasteiger partial charge in [0.05, 0.1) is 21.8 Å². The Hall–Kier alpha value is -2.90. The van der Waals surface area contributed by atoms with Crippen molar-refractivity contribution in [2.24, 2.45) is 0 Å². The molecule has 1 N–H and O–H groups in total. The number of halogens is 1. The number of fused-ring (bicyclic) bond motifs is 1. The van der Waals surface area contributed by atoms with Crippen LogP contribution in [0.15, 0.2) is 71.6 Å². The van der Waals surface area contributed by atoms with Crippen LogP contribution in [0.3, 0.4) is 0 Å². The normalized spacial score (nSPS) is 16.8. The zero-order chi connectivity index (χ0) is 31.3. The topological polar surface area (TPSA) is 48.5 Å². The van der Waals surface area contributed by atoms with E-state index in [1.165, 1.54) is 50.8 Å². The summed E-state index contributed by atoms with van der Waals surface area (Å²) in [6.07, 6.45) is 6.35. The fourth-order valence-corrected chi connectivity index (χ4v) is 8.07. The summed E-state index contributed by atoms with van der Waals surface area (Å²) in [6.45, 7) is 12.1. The standard InChI is InChI=1S/C38H45ClN4OS/c1-26(2)45-35-22-31-34(23-33(35)39)41-37(29-14-10-11-27(3)21-29)32(36(31)38(44)40-24-28-12-6-4-7-13-28)25-42-19-15-30(16-20-42)43-17-8-5-9-18-43/h4,6-7,10-14,21-23,26,30H,5,8-9,15-20,24-25H2,1-3H3,(H,40,44). The molecular weight excluding hydrogens is 596 g/mol. The molecule has 7 heteroatoms. The van der Waals surface area contributed by atoms with Gasteiger partial charge < -0.3 is 10.2 Å². The van der Waals surface area contributed by atoms with Crippen molar-refractivity contribution in [3.05, 3.63) is 94.0 Å². The fourth-order valence-electron chi connectivity index (χ4n) is 6.91. The first-order chi connectivity index (χ1) is 21.9. The molecule has 0 aliphatic carbocycles. The lowest BCUT2D eigenvalue weighted by Gasteiger charge is -2.40. The van der Waals surface area contributed by atoms with E-state index in [9.17, 15) is 4.79 Å². The van der Waals surface area contributed by atoms with Crippen molar-refractivity contribution >= 4 is 40.2 Å². The molecule has 2 aliphatic heterocycles. The number of hydrogen-bond donors (Lipinski definition) is 1. The maximum Gasteiger partial charge on any atom is 0.252 e. The van der Waals surface area contributed by atoms with E-state index in [0.29, 0.717) is 35.0 Å². The number of carbonyl (C=O) groups excluding carboxylic acids is 1. The van der Waals surface area contributed by atoms with E-state index in [0.717, 1.165) is 51.3 Å². The SMILES string of the molecule is Cc1cccc(-c2nc3cc(Cl)c(SC(C)C)cc3c(C(=O)NCc3ccccc3)c2CN2CCC(N3CCCCC3)CC2)c1. The number of amides is 1. The Bertz CT molecular complexity index is 1630. The Morgan fingerprint density at radius 1 is 0.978 bits per heavy atom. The van der Waals surface area contributed by atoms with Gasteiger partial charge in [-0.15, -0.1) is 11.8 Å². The average molecular weight is 641 g/mol. The van der Waals surface area contributed by atoms with E-state index in [4.69, 9.17) is 16.6 Å². The van der Waals surface area contributed by atoms with Gasteiger partial charge in [0, 0.05) is 45.8 Å². The molecule has 236 valence electrons. The van der Waals surface area contributed by atoms with Crippen LogP contribution in [0.25, 0.3) is 22.2 Å². The molecule has 0 spiro atoms. The number of aromatic nitrogens is 1. The Balaban J connectivity index is 1.43. The van der Waals surface area contributed by atoms with Gasteiger partial charge in [-0.3, -0.25) is 9.69 Å². The van der Waals surface area contributed by atoms with Crippen LogP contribution in [-0.2, 0) is 13.1 Å². The van der Waals surface area contributed by atoms with Crippen LogP contribution in [0, 0.1) is 6.92 Å². The molecule has 5 nitrogen and oxygen atoms in total. The Morgan fingerprint density at radius 3 is 2.44 bits per heavy atom. The molecule has 0 radical (unpaired) electrons. The monoisotopic (exact) mass is 640 g/mol. The van der Waals surface area contributed by atoms with E-state index in [1.54, 1.807) is 11.8 Å². The number of carbonyl (C=O) groups is 1. The quantitative estimate of drug-likeness (QED) is 0.185. The summed E-state index contributed by atoms with van der Waals surface area (Å²) in [4.78, 5) is 25.9. The molecule has 45 heavy (non-hydrogen) atoms. The number of pyridine rings is 1. The number of nitrogens with zero attached hydrogens (tertiary/aromatic N) is 3.